The van der Waals surface area contributed by atoms with Gasteiger partial charge in [0.2, 0.25) is 5.91 Å². The first-order valence-electron chi connectivity index (χ1n) is 13.9. The van der Waals surface area contributed by atoms with Crippen molar-refractivity contribution in [2.45, 2.75) is 31.6 Å². The third-order valence-corrected chi connectivity index (χ3v) is 7.64. The molecule has 4 rings (SSSR count). The van der Waals surface area contributed by atoms with E-state index >= 15 is 0 Å². The fourth-order valence-electron chi connectivity index (χ4n) is 4.11. The first-order chi connectivity index (χ1) is 21.1. The summed E-state index contributed by atoms with van der Waals surface area (Å²) < 4.78 is 0. The Labute approximate surface area is 259 Å². The topological polar surface area (TPSA) is 130 Å². The van der Waals surface area contributed by atoms with E-state index in [1.54, 1.807) is 67.6 Å². The highest BCUT2D eigenvalue weighted by atomic mass is 32.2. The van der Waals surface area contributed by atoms with Crippen LogP contribution in [0.3, 0.4) is 0 Å². The zero-order chi connectivity index (χ0) is 31.6. The quantitative estimate of drug-likeness (QED) is 0.0716. The monoisotopic (exact) mass is 608 g/mol. The first-order valence-corrected chi connectivity index (χ1v) is 14.8. The Morgan fingerprint density at radius 1 is 0.886 bits per heavy atom. The number of nitrogens with zero attached hydrogens (tertiary/aromatic N) is 1. The van der Waals surface area contributed by atoms with Crippen LogP contribution >= 0.6 is 11.8 Å². The predicted molar refractivity (Wildman–Crippen MR) is 175 cm³/mol. The molecule has 3 amide bonds. The summed E-state index contributed by atoms with van der Waals surface area (Å²) in [6.07, 6.45) is 1.63. The average molecular weight is 609 g/mol. The maximum Gasteiger partial charge on any atom is 0.272 e. The first kappa shape index (κ1) is 31.7. The number of amides is 3. The molecule has 0 radical (unpaired) electrons. The number of aryl methyl sites for hydroxylation is 1. The van der Waals surface area contributed by atoms with Gasteiger partial charge in [-0.1, -0.05) is 62.4 Å². The third kappa shape index (κ3) is 8.89. The molecule has 3 N–H and O–H groups in total. The van der Waals surface area contributed by atoms with Crippen molar-refractivity contribution in [2.24, 2.45) is 0 Å². The van der Waals surface area contributed by atoms with E-state index in [1.807, 2.05) is 30.3 Å². The van der Waals surface area contributed by atoms with Gasteiger partial charge in [0.1, 0.15) is 5.70 Å². The maximum atomic E-state index is 13.3. The van der Waals surface area contributed by atoms with Gasteiger partial charge in [0.05, 0.1) is 16.4 Å². The van der Waals surface area contributed by atoms with Crippen molar-refractivity contribution in [1.82, 2.24) is 5.32 Å². The van der Waals surface area contributed by atoms with Gasteiger partial charge in [-0.15, -0.1) is 11.8 Å². The Balaban J connectivity index is 1.41. The number of nitrogens with one attached hydrogen (secondary N) is 3. The van der Waals surface area contributed by atoms with Crippen molar-refractivity contribution in [1.29, 1.82) is 0 Å². The molecule has 0 fully saturated rings. The second kappa shape index (κ2) is 14.8. The highest BCUT2D eigenvalue weighted by Gasteiger charge is 2.16. The van der Waals surface area contributed by atoms with Crippen molar-refractivity contribution in [3.8, 4) is 0 Å². The fourth-order valence-corrected chi connectivity index (χ4v) is 4.81. The summed E-state index contributed by atoms with van der Waals surface area (Å²) in [5.41, 5.74) is 3.95. The van der Waals surface area contributed by atoms with Crippen LogP contribution in [0.25, 0.3) is 6.08 Å². The smallest absolute Gasteiger partial charge is 0.272 e. The van der Waals surface area contributed by atoms with Crippen LogP contribution in [0.4, 0.5) is 17.1 Å². The second-order valence-corrected chi connectivity index (χ2v) is 11.3. The van der Waals surface area contributed by atoms with Gasteiger partial charge in [-0.25, -0.2) is 0 Å². The molecule has 0 saturated carbocycles. The second-order valence-electron chi connectivity index (χ2n) is 10.3. The third-order valence-electron chi connectivity index (χ3n) is 6.63. The van der Waals surface area contributed by atoms with Gasteiger partial charge in [-0.3, -0.25) is 24.5 Å². The normalized spacial score (nSPS) is 11.1. The van der Waals surface area contributed by atoms with Crippen molar-refractivity contribution in [2.75, 3.05) is 16.4 Å². The lowest BCUT2D eigenvalue weighted by atomic mass is 10.0. The predicted octanol–water partition coefficient (Wildman–Crippen LogP) is 7.17. The van der Waals surface area contributed by atoms with Crippen LogP contribution in [0.1, 0.15) is 46.8 Å². The summed E-state index contributed by atoms with van der Waals surface area (Å²) in [4.78, 5) is 50.1. The van der Waals surface area contributed by atoms with Gasteiger partial charge in [-0.2, -0.15) is 0 Å². The van der Waals surface area contributed by atoms with Gasteiger partial charge < -0.3 is 16.0 Å². The van der Waals surface area contributed by atoms with Gasteiger partial charge in [0.25, 0.3) is 17.5 Å². The van der Waals surface area contributed by atoms with Crippen LogP contribution in [0.15, 0.2) is 108 Å². The number of rotatable bonds is 11. The summed E-state index contributed by atoms with van der Waals surface area (Å²) in [6, 6.07) is 27.7. The molecule has 0 bridgehead atoms. The molecule has 0 saturated heterocycles. The number of carbonyl (C=O) groups excluding carboxylic acids is 3. The van der Waals surface area contributed by atoms with E-state index < -0.39 is 16.7 Å². The molecule has 9 nitrogen and oxygen atoms in total. The van der Waals surface area contributed by atoms with E-state index in [9.17, 15) is 24.5 Å². The zero-order valence-electron chi connectivity index (χ0n) is 24.5. The molecule has 0 atom stereocenters. The highest BCUT2D eigenvalue weighted by Crippen LogP contribution is 2.24. The number of non-ortho nitro benzene ring substituents is 1. The molecule has 0 aromatic heterocycles. The lowest BCUT2D eigenvalue weighted by molar-refractivity contribution is -0.384. The van der Waals surface area contributed by atoms with E-state index in [2.05, 4.69) is 29.8 Å². The number of benzene rings is 4. The number of nitro groups is 1. The summed E-state index contributed by atoms with van der Waals surface area (Å²) in [6.45, 7) is 5.96. The number of hydrogen-bond acceptors (Lipinski definition) is 6. The molecule has 44 heavy (non-hydrogen) atoms. The molecule has 0 aliphatic heterocycles. The van der Waals surface area contributed by atoms with E-state index in [0.29, 0.717) is 22.9 Å². The van der Waals surface area contributed by atoms with Crippen LogP contribution in [-0.4, -0.2) is 28.4 Å². The molecule has 0 aliphatic rings. The minimum Gasteiger partial charge on any atom is -0.325 e. The number of anilines is 2. The van der Waals surface area contributed by atoms with Gasteiger partial charge in [-0.05, 0) is 72.0 Å². The lowest BCUT2D eigenvalue weighted by Gasteiger charge is -2.12. The summed E-state index contributed by atoms with van der Waals surface area (Å²) >= 11 is 1.28. The summed E-state index contributed by atoms with van der Waals surface area (Å²) in [7, 11) is 0. The minimum absolute atomic E-state index is 0.0852. The SMILES string of the molecule is Cc1ccc([N+](=O)[O-])cc1NC(=O)CSc1ccc(NC(=O)/C(=C/c2ccc(C(C)C)cc2)NC(=O)c2ccccc2)cc1. The van der Waals surface area contributed by atoms with Crippen LogP contribution in [0.5, 0.6) is 0 Å². The Kier molecular flexibility index (Phi) is 10.7. The van der Waals surface area contributed by atoms with Crippen molar-refractivity contribution in [3.63, 3.8) is 0 Å². The average Bonchev–Trinajstić information content (AvgIpc) is 3.02. The molecule has 0 heterocycles. The number of hydrogen-bond donors (Lipinski definition) is 3. The van der Waals surface area contributed by atoms with Crippen molar-refractivity contribution < 1.29 is 19.3 Å². The van der Waals surface area contributed by atoms with E-state index in [0.717, 1.165) is 21.6 Å². The molecule has 4 aromatic carbocycles. The number of thioether (sulfide) groups is 1. The van der Waals surface area contributed by atoms with Crippen LogP contribution < -0.4 is 16.0 Å². The summed E-state index contributed by atoms with van der Waals surface area (Å²) in [5.74, 6) is -0.755. The number of carbonyl (C=O) groups is 3. The van der Waals surface area contributed by atoms with Crippen LogP contribution in [0.2, 0.25) is 0 Å². The highest BCUT2D eigenvalue weighted by molar-refractivity contribution is 8.00. The molecule has 0 unspecified atom stereocenters. The van der Waals surface area contributed by atoms with Crippen LogP contribution in [-0.2, 0) is 9.59 Å². The Morgan fingerprint density at radius 2 is 1.57 bits per heavy atom. The minimum atomic E-state index is -0.510. The molecule has 0 aliphatic carbocycles. The van der Waals surface area contributed by atoms with Crippen LogP contribution in [0, 0.1) is 17.0 Å². The van der Waals surface area contributed by atoms with Crippen molar-refractivity contribution in [3.05, 3.63) is 135 Å². The van der Waals surface area contributed by atoms with E-state index in [-0.39, 0.29) is 23.0 Å². The largest absolute Gasteiger partial charge is 0.325 e. The molecular weight excluding hydrogens is 576 g/mol. The molecule has 0 spiro atoms. The fraction of sp³-hybridized carbons (Fsp3) is 0.147. The standard InChI is InChI=1S/C34H32N4O5S/c1-22(2)25-12-10-24(11-13-25)19-31(37-33(40)26-7-5-4-6-8-26)34(41)35-27-14-17-29(18-15-27)44-21-32(39)36-30-20-28(38(42)43)16-9-23(30)3/h4-20,22H,21H2,1-3H3,(H,35,41)(H,36,39)(H,37,40)/b31-19-. The Morgan fingerprint density at radius 3 is 2.20 bits per heavy atom. The molecule has 4 aromatic rings. The van der Waals surface area contributed by atoms with Gasteiger partial charge in [0.15, 0.2) is 0 Å². The Hall–Kier alpha value is -5.22. The summed E-state index contributed by atoms with van der Waals surface area (Å²) in [5, 5.41) is 19.3. The molecule has 224 valence electrons. The molecule has 10 heteroatoms. The van der Waals surface area contributed by atoms with E-state index in [4.69, 9.17) is 0 Å². The lowest BCUT2D eigenvalue weighted by Crippen LogP contribution is -2.30. The van der Waals surface area contributed by atoms with Gasteiger partial charge >= 0.3 is 0 Å². The van der Waals surface area contributed by atoms with Crippen molar-refractivity contribution >= 4 is 52.6 Å². The van der Waals surface area contributed by atoms with E-state index in [1.165, 1.54) is 23.9 Å². The van der Waals surface area contributed by atoms with Gasteiger partial charge in [0, 0.05) is 28.3 Å². The molecular formula is C34H32N4O5S. The zero-order valence-corrected chi connectivity index (χ0v) is 25.3. The maximum absolute atomic E-state index is 13.3. The Bertz CT molecular complexity index is 1690. The number of nitro benzene ring substituents is 1.